The fourth-order valence-electron chi connectivity index (χ4n) is 0.912. The summed E-state index contributed by atoms with van der Waals surface area (Å²) in [6.45, 7) is 2.22. The average molecular weight is 98.2 g/mol. The lowest BCUT2D eigenvalue weighted by Gasteiger charge is -2.36. The summed E-state index contributed by atoms with van der Waals surface area (Å²) in [5.74, 6) is 0. The molecule has 0 N–H and O–H groups in total. The van der Waals surface area contributed by atoms with E-state index in [9.17, 15) is 0 Å². The maximum absolute atomic E-state index is 4.23. The molecule has 0 unspecified atom stereocenters. The Morgan fingerprint density at radius 3 is 2.00 bits per heavy atom. The second-order valence-corrected chi connectivity index (χ2v) is 2.57. The van der Waals surface area contributed by atoms with Crippen LogP contribution in [0.1, 0.15) is 26.2 Å². The fourth-order valence-corrected chi connectivity index (χ4v) is 0.912. The molecule has 0 aromatic heterocycles. The van der Waals surface area contributed by atoms with Crippen LogP contribution in [0.3, 0.4) is 0 Å². The summed E-state index contributed by atoms with van der Waals surface area (Å²) in [5.41, 5.74) is 0.389. The average Bonchev–Trinajstić information content (AvgIpc) is 1.61. The molecule has 1 rings (SSSR count). The van der Waals surface area contributed by atoms with Gasteiger partial charge >= 0.3 is 0 Å². The lowest BCUT2D eigenvalue weighted by Crippen LogP contribution is -2.41. The highest BCUT2D eigenvalue weighted by molar-refractivity contribution is 4.89. The fraction of sp³-hybridized carbons (Fsp3) is 1.00. The standard InChI is InChI=1S/C6H12N/c1-6(7-2)4-3-5-6/h3-5H2,1-2H3. The summed E-state index contributed by atoms with van der Waals surface area (Å²) in [6.07, 6.45) is 4.00. The van der Waals surface area contributed by atoms with Crippen molar-refractivity contribution >= 4 is 0 Å². The van der Waals surface area contributed by atoms with Gasteiger partial charge in [0.1, 0.15) is 0 Å². The van der Waals surface area contributed by atoms with Crippen LogP contribution in [0.25, 0.3) is 0 Å². The van der Waals surface area contributed by atoms with Crippen LogP contribution in [0.15, 0.2) is 0 Å². The van der Waals surface area contributed by atoms with E-state index in [0.29, 0.717) is 5.54 Å². The second-order valence-electron chi connectivity index (χ2n) is 2.57. The van der Waals surface area contributed by atoms with Crippen LogP contribution in [0.4, 0.5) is 0 Å². The minimum atomic E-state index is 0.389. The normalized spacial score (nSPS) is 26.6. The SMILES string of the molecule is C[N]C1(C)CCC1. The first-order valence-electron chi connectivity index (χ1n) is 2.88. The van der Waals surface area contributed by atoms with Crippen molar-refractivity contribution in [1.29, 1.82) is 0 Å². The Morgan fingerprint density at radius 2 is 2.00 bits per heavy atom. The number of hydrogen-bond acceptors (Lipinski definition) is 0. The lowest BCUT2D eigenvalue weighted by atomic mass is 9.79. The summed E-state index contributed by atoms with van der Waals surface area (Å²) in [6, 6.07) is 0. The zero-order chi connectivity index (χ0) is 5.33. The molecule has 1 fully saturated rings. The topological polar surface area (TPSA) is 14.1 Å². The van der Waals surface area contributed by atoms with Crippen LogP contribution < -0.4 is 5.32 Å². The van der Waals surface area contributed by atoms with Gasteiger partial charge in [0.05, 0.1) is 0 Å². The minimum absolute atomic E-state index is 0.389. The molecule has 0 amide bonds. The first-order chi connectivity index (χ1) is 3.27. The molecule has 0 spiro atoms. The van der Waals surface area contributed by atoms with E-state index in [0.717, 1.165) is 0 Å². The maximum atomic E-state index is 4.23. The van der Waals surface area contributed by atoms with Gasteiger partial charge in [0.2, 0.25) is 0 Å². The van der Waals surface area contributed by atoms with Crippen LogP contribution in [0.5, 0.6) is 0 Å². The van der Waals surface area contributed by atoms with Gasteiger partial charge in [-0.2, -0.15) is 0 Å². The van der Waals surface area contributed by atoms with Crippen LogP contribution in [0.2, 0.25) is 0 Å². The smallest absolute Gasteiger partial charge is 0.0325 e. The summed E-state index contributed by atoms with van der Waals surface area (Å²) in [7, 11) is 1.92. The molecule has 0 aliphatic heterocycles. The molecule has 7 heavy (non-hydrogen) atoms. The molecule has 0 aromatic carbocycles. The van der Waals surface area contributed by atoms with E-state index in [1.807, 2.05) is 7.05 Å². The molecule has 1 nitrogen and oxygen atoms in total. The Labute approximate surface area is 45.1 Å². The second kappa shape index (κ2) is 1.48. The number of hydrogen-bond donors (Lipinski definition) is 0. The zero-order valence-electron chi connectivity index (χ0n) is 5.07. The summed E-state index contributed by atoms with van der Waals surface area (Å²) in [4.78, 5) is 0. The van der Waals surface area contributed by atoms with Gasteiger partial charge in [0, 0.05) is 12.6 Å². The molecule has 1 saturated carbocycles. The van der Waals surface area contributed by atoms with E-state index in [1.54, 1.807) is 0 Å². The first kappa shape index (κ1) is 5.10. The zero-order valence-corrected chi connectivity index (χ0v) is 5.07. The van der Waals surface area contributed by atoms with Gasteiger partial charge < -0.3 is 0 Å². The molecule has 1 aliphatic carbocycles. The van der Waals surface area contributed by atoms with Gasteiger partial charge in [-0.1, -0.05) is 0 Å². The van der Waals surface area contributed by atoms with Crippen molar-refractivity contribution in [2.45, 2.75) is 31.7 Å². The van der Waals surface area contributed by atoms with Crippen LogP contribution in [0, 0.1) is 0 Å². The summed E-state index contributed by atoms with van der Waals surface area (Å²) in [5, 5.41) is 4.23. The molecule has 0 aromatic rings. The van der Waals surface area contributed by atoms with Gasteiger partial charge in [-0.15, -0.1) is 0 Å². The van der Waals surface area contributed by atoms with E-state index in [4.69, 9.17) is 0 Å². The predicted molar refractivity (Wildman–Crippen MR) is 30.3 cm³/mol. The molecular weight excluding hydrogens is 86.1 g/mol. The molecule has 41 valence electrons. The largest absolute Gasteiger partial charge is 0.239 e. The van der Waals surface area contributed by atoms with Gasteiger partial charge in [-0.25, -0.2) is 5.32 Å². The third-order valence-electron chi connectivity index (χ3n) is 1.97. The Kier molecular flexibility index (Phi) is 1.08. The quantitative estimate of drug-likeness (QED) is 0.467. The van der Waals surface area contributed by atoms with Crippen molar-refractivity contribution < 1.29 is 0 Å². The predicted octanol–water partition coefficient (Wildman–Crippen LogP) is 1.16. The number of rotatable bonds is 1. The van der Waals surface area contributed by atoms with Crippen molar-refractivity contribution in [3.63, 3.8) is 0 Å². The third kappa shape index (κ3) is 0.778. The van der Waals surface area contributed by atoms with Gasteiger partial charge in [-0.3, -0.25) is 0 Å². The van der Waals surface area contributed by atoms with E-state index in [2.05, 4.69) is 12.2 Å². The molecule has 0 saturated heterocycles. The third-order valence-corrected chi connectivity index (χ3v) is 1.97. The van der Waals surface area contributed by atoms with Crippen molar-refractivity contribution in [3.8, 4) is 0 Å². The Balaban J connectivity index is 2.29. The molecule has 0 heterocycles. The highest BCUT2D eigenvalue weighted by atomic mass is 14.9. The van der Waals surface area contributed by atoms with Crippen LogP contribution in [-0.4, -0.2) is 12.6 Å². The lowest BCUT2D eigenvalue weighted by molar-refractivity contribution is 0.219. The molecule has 0 atom stereocenters. The van der Waals surface area contributed by atoms with Crippen molar-refractivity contribution in [1.82, 2.24) is 5.32 Å². The minimum Gasteiger partial charge on any atom is -0.239 e. The van der Waals surface area contributed by atoms with Crippen molar-refractivity contribution in [3.05, 3.63) is 0 Å². The van der Waals surface area contributed by atoms with E-state index < -0.39 is 0 Å². The Morgan fingerprint density at radius 1 is 1.43 bits per heavy atom. The maximum Gasteiger partial charge on any atom is 0.0325 e. The Hall–Kier alpha value is -0.0400. The van der Waals surface area contributed by atoms with Crippen LogP contribution in [-0.2, 0) is 0 Å². The first-order valence-corrected chi connectivity index (χ1v) is 2.88. The van der Waals surface area contributed by atoms with Gasteiger partial charge in [0.15, 0.2) is 0 Å². The van der Waals surface area contributed by atoms with E-state index in [-0.39, 0.29) is 0 Å². The summed E-state index contributed by atoms with van der Waals surface area (Å²) < 4.78 is 0. The van der Waals surface area contributed by atoms with Gasteiger partial charge in [0.25, 0.3) is 0 Å². The molecule has 1 radical (unpaired) electrons. The van der Waals surface area contributed by atoms with E-state index >= 15 is 0 Å². The molecule has 1 heteroatoms. The Bertz CT molecular complexity index is 59.1. The molecule has 1 aliphatic rings. The van der Waals surface area contributed by atoms with E-state index in [1.165, 1.54) is 19.3 Å². The monoisotopic (exact) mass is 98.1 g/mol. The molecular formula is C6H12N. The highest BCUT2D eigenvalue weighted by Crippen LogP contribution is 2.30. The van der Waals surface area contributed by atoms with Gasteiger partial charge in [-0.05, 0) is 26.2 Å². The molecule has 0 bridgehead atoms. The number of nitrogens with zero attached hydrogens (tertiary/aromatic N) is 1. The van der Waals surface area contributed by atoms with Crippen LogP contribution >= 0.6 is 0 Å². The van der Waals surface area contributed by atoms with Crippen molar-refractivity contribution in [2.75, 3.05) is 7.05 Å². The van der Waals surface area contributed by atoms with Crippen molar-refractivity contribution in [2.24, 2.45) is 0 Å². The highest BCUT2D eigenvalue weighted by Gasteiger charge is 2.30. The summed E-state index contributed by atoms with van der Waals surface area (Å²) >= 11 is 0.